The Morgan fingerprint density at radius 2 is 0.709 bits per heavy atom. The lowest BCUT2D eigenvalue weighted by atomic mass is 9.97. The number of nitrogens with zero attached hydrogens (tertiary/aromatic N) is 2. The summed E-state index contributed by atoms with van der Waals surface area (Å²) in [7, 11) is 0. The molecule has 0 spiro atoms. The third-order valence-electron chi connectivity index (χ3n) is 11.0. The maximum atomic E-state index is 2.50. The Hall–Kier alpha value is -7.16. The Labute approximate surface area is 321 Å². The molecule has 0 saturated carbocycles. The molecule has 0 atom stereocenters. The van der Waals surface area contributed by atoms with Crippen molar-refractivity contribution in [2.45, 2.75) is 6.92 Å². The molecule has 0 radical (unpaired) electrons. The van der Waals surface area contributed by atoms with E-state index in [0.717, 1.165) is 17.1 Å². The van der Waals surface area contributed by atoms with Crippen LogP contribution < -0.4 is 4.90 Å². The predicted molar refractivity (Wildman–Crippen MR) is 234 cm³/mol. The topological polar surface area (TPSA) is 7.65 Å². The van der Waals surface area contributed by atoms with Crippen molar-refractivity contribution in [2.24, 2.45) is 0 Å². The molecule has 0 aliphatic carbocycles. The molecule has 260 valence electrons. The fourth-order valence-corrected chi connectivity index (χ4v) is 8.39. The second-order valence-electron chi connectivity index (χ2n) is 14.2. The highest BCUT2D eigenvalue weighted by molar-refractivity contribution is 6.17. The largest absolute Gasteiger partial charge is 0.311 e. The highest BCUT2D eigenvalue weighted by atomic mass is 15.1. The molecule has 8 aromatic carbocycles. The first-order valence-corrected chi connectivity index (χ1v) is 18.9. The minimum atomic E-state index is 1.10. The van der Waals surface area contributed by atoms with Crippen LogP contribution >= 0.6 is 0 Å². The maximum Gasteiger partial charge on any atom is 0.0622 e. The number of hydrogen-bond donors (Lipinski definition) is 0. The van der Waals surface area contributed by atoms with Gasteiger partial charge in [-0.3, -0.25) is 0 Å². The Balaban J connectivity index is 1.14. The molecular weight excluding hydrogens is 665 g/mol. The molecule has 0 unspecified atom stereocenters. The monoisotopic (exact) mass is 702 g/mol. The van der Waals surface area contributed by atoms with Gasteiger partial charge in [-0.15, -0.1) is 0 Å². The van der Waals surface area contributed by atoms with E-state index in [2.05, 4.69) is 229 Å². The zero-order valence-corrected chi connectivity index (χ0v) is 30.6. The molecule has 55 heavy (non-hydrogen) atoms. The fraction of sp³-hybridized carbons (Fsp3) is 0.0189. The van der Waals surface area contributed by atoms with Gasteiger partial charge in [-0.1, -0.05) is 170 Å². The van der Waals surface area contributed by atoms with E-state index in [0.29, 0.717) is 0 Å². The number of rotatable bonds is 7. The van der Waals surface area contributed by atoms with E-state index in [-0.39, 0.29) is 0 Å². The van der Waals surface area contributed by atoms with Crippen LogP contribution in [0.1, 0.15) is 5.56 Å². The second-order valence-corrected chi connectivity index (χ2v) is 14.2. The van der Waals surface area contributed by atoms with Crippen LogP contribution in [0.3, 0.4) is 0 Å². The highest BCUT2D eigenvalue weighted by Gasteiger charge is 2.23. The zero-order chi connectivity index (χ0) is 36.7. The van der Waals surface area contributed by atoms with Crippen LogP contribution in [0.2, 0.25) is 0 Å². The first-order valence-electron chi connectivity index (χ1n) is 18.9. The van der Waals surface area contributed by atoms with Crippen molar-refractivity contribution in [1.82, 2.24) is 4.40 Å². The third-order valence-corrected chi connectivity index (χ3v) is 11.0. The van der Waals surface area contributed by atoms with Gasteiger partial charge in [-0.2, -0.15) is 0 Å². The SMILES string of the molecule is Cc1c(-c2ccc(N(c3ccc(-c4ccccc4)cc3)c3ccc(-c4ccccc4)cc3)cc2)c2c3ccccc3c3ccccc3n2c1-c1ccccc1. The molecule has 0 saturated heterocycles. The van der Waals surface area contributed by atoms with Crippen LogP contribution in [0, 0.1) is 6.92 Å². The Morgan fingerprint density at radius 1 is 0.327 bits per heavy atom. The Bertz CT molecular complexity index is 2840. The number of pyridine rings is 1. The molecule has 0 fully saturated rings. The zero-order valence-electron chi connectivity index (χ0n) is 30.6. The second kappa shape index (κ2) is 13.7. The quantitative estimate of drug-likeness (QED) is 0.150. The summed E-state index contributed by atoms with van der Waals surface area (Å²) in [6.07, 6.45) is 0. The minimum absolute atomic E-state index is 1.10. The van der Waals surface area contributed by atoms with Gasteiger partial charge >= 0.3 is 0 Å². The summed E-state index contributed by atoms with van der Waals surface area (Å²) in [6.45, 7) is 2.29. The van der Waals surface area contributed by atoms with E-state index in [1.807, 2.05) is 0 Å². The van der Waals surface area contributed by atoms with Crippen molar-refractivity contribution in [3.63, 3.8) is 0 Å². The number of fused-ring (bicyclic) bond motifs is 6. The predicted octanol–water partition coefficient (Wildman–Crippen LogP) is 14.7. The van der Waals surface area contributed by atoms with Crippen LogP contribution in [-0.2, 0) is 0 Å². The third kappa shape index (κ3) is 5.67. The van der Waals surface area contributed by atoms with Gasteiger partial charge in [-0.05, 0) is 93.7 Å². The van der Waals surface area contributed by atoms with Crippen LogP contribution in [-0.4, -0.2) is 4.40 Å². The number of hydrogen-bond acceptors (Lipinski definition) is 1. The fourth-order valence-electron chi connectivity index (χ4n) is 8.39. The highest BCUT2D eigenvalue weighted by Crippen LogP contribution is 2.45. The summed E-state index contributed by atoms with van der Waals surface area (Å²) >= 11 is 0. The van der Waals surface area contributed by atoms with Gasteiger partial charge in [0.05, 0.1) is 16.7 Å². The molecule has 0 amide bonds. The van der Waals surface area contributed by atoms with Crippen molar-refractivity contribution in [3.05, 3.63) is 218 Å². The van der Waals surface area contributed by atoms with Gasteiger partial charge in [0.15, 0.2) is 0 Å². The van der Waals surface area contributed by atoms with Crippen LogP contribution in [0.5, 0.6) is 0 Å². The molecule has 2 heterocycles. The molecule has 10 aromatic rings. The lowest BCUT2D eigenvalue weighted by Gasteiger charge is -2.26. The smallest absolute Gasteiger partial charge is 0.0622 e. The van der Waals surface area contributed by atoms with E-state index in [1.165, 1.54) is 77.4 Å². The van der Waals surface area contributed by atoms with Gasteiger partial charge in [0.1, 0.15) is 0 Å². The summed E-state index contributed by atoms with van der Waals surface area (Å²) in [5.41, 5.74) is 16.7. The lowest BCUT2D eigenvalue weighted by molar-refractivity contribution is 1.27. The van der Waals surface area contributed by atoms with E-state index >= 15 is 0 Å². The molecule has 10 rings (SSSR count). The molecule has 2 nitrogen and oxygen atoms in total. The molecule has 2 aromatic heterocycles. The maximum absolute atomic E-state index is 2.50. The number of aromatic nitrogens is 1. The van der Waals surface area contributed by atoms with E-state index in [4.69, 9.17) is 0 Å². The van der Waals surface area contributed by atoms with Gasteiger partial charge in [0, 0.05) is 33.4 Å². The van der Waals surface area contributed by atoms with Gasteiger partial charge in [0.25, 0.3) is 0 Å². The number of anilines is 3. The summed E-state index contributed by atoms with van der Waals surface area (Å²) in [4.78, 5) is 2.36. The van der Waals surface area contributed by atoms with Gasteiger partial charge < -0.3 is 9.30 Å². The average molecular weight is 703 g/mol. The molecular formula is C53H38N2. The molecule has 0 bridgehead atoms. The minimum Gasteiger partial charge on any atom is -0.311 e. The van der Waals surface area contributed by atoms with Crippen molar-refractivity contribution in [1.29, 1.82) is 0 Å². The average Bonchev–Trinajstić information content (AvgIpc) is 3.58. The summed E-state index contributed by atoms with van der Waals surface area (Å²) in [5.74, 6) is 0. The standard InChI is InChI=1S/C53H38N2/c1-37-51(53-49-23-12-11-21-47(49)48-22-13-14-24-50(48)55(53)52(37)43-19-9-4-10-20-43)42-29-35-46(36-30-42)54(44-31-25-40(26-32-44)38-15-5-2-6-16-38)45-33-27-41(28-34-45)39-17-7-3-8-18-39/h2-36H,1H3. The first kappa shape index (κ1) is 32.5. The van der Waals surface area contributed by atoms with Crippen molar-refractivity contribution >= 4 is 44.3 Å². The van der Waals surface area contributed by atoms with Gasteiger partial charge in [-0.25, -0.2) is 0 Å². The molecule has 0 aliphatic rings. The van der Waals surface area contributed by atoms with Gasteiger partial charge in [0.2, 0.25) is 0 Å². The summed E-state index contributed by atoms with van der Waals surface area (Å²) in [5, 5.41) is 3.78. The van der Waals surface area contributed by atoms with Crippen molar-refractivity contribution in [2.75, 3.05) is 4.90 Å². The lowest BCUT2D eigenvalue weighted by Crippen LogP contribution is -2.09. The van der Waals surface area contributed by atoms with Crippen LogP contribution in [0.4, 0.5) is 17.1 Å². The normalized spacial score (nSPS) is 11.4. The Morgan fingerprint density at radius 3 is 1.22 bits per heavy atom. The number of benzene rings is 8. The Kier molecular flexibility index (Phi) is 8.08. The van der Waals surface area contributed by atoms with E-state index < -0.39 is 0 Å². The molecule has 2 heteroatoms. The summed E-state index contributed by atoms with van der Waals surface area (Å²) in [6, 6.07) is 76.7. The van der Waals surface area contributed by atoms with Crippen molar-refractivity contribution < 1.29 is 0 Å². The summed E-state index contributed by atoms with van der Waals surface area (Å²) < 4.78 is 2.50. The molecule has 0 aliphatic heterocycles. The van der Waals surface area contributed by atoms with E-state index in [9.17, 15) is 0 Å². The van der Waals surface area contributed by atoms with Crippen LogP contribution in [0.25, 0.3) is 71.8 Å². The first-order chi connectivity index (χ1) is 27.2. The van der Waals surface area contributed by atoms with E-state index in [1.54, 1.807) is 0 Å². The van der Waals surface area contributed by atoms with Crippen molar-refractivity contribution in [3.8, 4) is 44.6 Å². The number of para-hydroxylation sites is 1. The van der Waals surface area contributed by atoms with Crippen LogP contribution in [0.15, 0.2) is 212 Å². The molecule has 0 N–H and O–H groups in total.